The molecule has 2 aromatic rings. The van der Waals surface area contributed by atoms with Crippen LogP contribution in [0, 0.1) is 0 Å². The van der Waals surface area contributed by atoms with Gasteiger partial charge in [-0.2, -0.15) is 0 Å². The monoisotopic (exact) mass is 230 g/mol. The number of hydrogen-bond acceptors (Lipinski definition) is 3. The van der Waals surface area contributed by atoms with Crippen molar-refractivity contribution in [3.63, 3.8) is 0 Å². The maximum absolute atomic E-state index is 11.7. The van der Waals surface area contributed by atoms with Crippen LogP contribution in [0.15, 0.2) is 53.1 Å². The second-order valence-electron chi connectivity index (χ2n) is 3.69. The van der Waals surface area contributed by atoms with Crippen LogP contribution >= 0.6 is 0 Å². The first-order chi connectivity index (χ1) is 8.31. The van der Waals surface area contributed by atoms with E-state index in [1.165, 1.54) is 6.26 Å². The highest BCUT2D eigenvalue weighted by molar-refractivity contribution is 5.86. The second-order valence-corrected chi connectivity index (χ2v) is 3.69. The average Bonchev–Trinajstić information content (AvgIpc) is 2.90. The highest BCUT2D eigenvalue weighted by Crippen LogP contribution is 2.22. The van der Waals surface area contributed by atoms with E-state index in [0.717, 1.165) is 12.0 Å². The Morgan fingerprint density at radius 2 is 2.00 bits per heavy atom. The molecule has 1 aromatic carbocycles. The molecule has 1 heterocycles. The molecule has 1 unspecified atom stereocenters. The average molecular weight is 230 g/mol. The molecule has 3 heteroatoms. The van der Waals surface area contributed by atoms with Crippen molar-refractivity contribution in [2.75, 3.05) is 0 Å². The van der Waals surface area contributed by atoms with Crippen molar-refractivity contribution in [3.05, 3.63) is 60.1 Å². The van der Waals surface area contributed by atoms with Crippen molar-refractivity contribution >= 4 is 5.97 Å². The lowest BCUT2D eigenvalue weighted by Crippen LogP contribution is -2.10. The Hall–Kier alpha value is -2.03. The Bertz CT molecular complexity index is 459. The van der Waals surface area contributed by atoms with Crippen molar-refractivity contribution in [2.45, 2.75) is 19.4 Å². The minimum absolute atomic E-state index is 0.228. The lowest BCUT2D eigenvalue weighted by Gasteiger charge is -2.15. The molecular formula is C14H14O3. The third-order valence-electron chi connectivity index (χ3n) is 2.51. The van der Waals surface area contributed by atoms with Gasteiger partial charge in [0.2, 0.25) is 5.76 Å². The number of benzene rings is 1. The summed E-state index contributed by atoms with van der Waals surface area (Å²) in [6, 6.07) is 13.0. The van der Waals surface area contributed by atoms with Crippen LogP contribution in [-0.2, 0) is 4.74 Å². The minimum Gasteiger partial charge on any atom is -0.457 e. The number of furan rings is 1. The van der Waals surface area contributed by atoms with E-state index in [2.05, 4.69) is 0 Å². The Morgan fingerprint density at radius 3 is 2.59 bits per heavy atom. The van der Waals surface area contributed by atoms with E-state index in [1.54, 1.807) is 12.1 Å². The summed E-state index contributed by atoms with van der Waals surface area (Å²) < 4.78 is 10.4. The van der Waals surface area contributed by atoms with Crippen LogP contribution < -0.4 is 0 Å². The largest absolute Gasteiger partial charge is 0.457 e. The van der Waals surface area contributed by atoms with Crippen LogP contribution in [0.1, 0.15) is 35.6 Å². The fraction of sp³-hybridized carbons (Fsp3) is 0.214. The Balaban J connectivity index is 2.09. The summed E-state index contributed by atoms with van der Waals surface area (Å²) in [6.07, 6.45) is 1.96. The van der Waals surface area contributed by atoms with Crippen molar-refractivity contribution in [1.29, 1.82) is 0 Å². The number of esters is 1. The van der Waals surface area contributed by atoms with E-state index in [4.69, 9.17) is 9.15 Å². The van der Waals surface area contributed by atoms with E-state index in [9.17, 15) is 4.79 Å². The Morgan fingerprint density at radius 1 is 1.24 bits per heavy atom. The molecule has 0 saturated heterocycles. The van der Waals surface area contributed by atoms with Crippen molar-refractivity contribution < 1.29 is 13.9 Å². The first-order valence-electron chi connectivity index (χ1n) is 5.60. The molecule has 0 aliphatic carbocycles. The molecule has 0 aliphatic rings. The summed E-state index contributed by atoms with van der Waals surface area (Å²) in [5.41, 5.74) is 0.995. The number of hydrogen-bond donors (Lipinski definition) is 0. The maximum atomic E-state index is 11.7. The summed E-state index contributed by atoms with van der Waals surface area (Å²) in [5.74, 6) is -0.190. The van der Waals surface area contributed by atoms with E-state index in [0.29, 0.717) is 0 Å². The molecule has 88 valence electrons. The van der Waals surface area contributed by atoms with Gasteiger partial charge < -0.3 is 9.15 Å². The van der Waals surface area contributed by atoms with E-state index >= 15 is 0 Å². The minimum atomic E-state index is -0.425. The Kier molecular flexibility index (Phi) is 3.60. The highest BCUT2D eigenvalue weighted by Gasteiger charge is 2.17. The number of ether oxygens (including phenoxy) is 1. The van der Waals surface area contributed by atoms with Crippen molar-refractivity contribution in [1.82, 2.24) is 0 Å². The second kappa shape index (κ2) is 5.34. The summed E-state index contributed by atoms with van der Waals surface area (Å²) in [5, 5.41) is 0. The molecule has 0 amide bonds. The molecule has 1 aromatic heterocycles. The van der Waals surface area contributed by atoms with Gasteiger partial charge in [0.25, 0.3) is 0 Å². The molecular weight excluding hydrogens is 216 g/mol. The fourth-order valence-corrected chi connectivity index (χ4v) is 1.64. The zero-order chi connectivity index (χ0) is 12.1. The molecule has 0 saturated carbocycles. The SMILES string of the molecule is CCC(OC(=O)c1ccco1)c1ccccc1. The normalized spacial score (nSPS) is 12.1. The molecule has 0 aliphatic heterocycles. The van der Waals surface area contributed by atoms with E-state index < -0.39 is 5.97 Å². The fourth-order valence-electron chi connectivity index (χ4n) is 1.64. The van der Waals surface area contributed by atoms with Crippen LogP contribution in [0.25, 0.3) is 0 Å². The van der Waals surface area contributed by atoms with Crippen molar-refractivity contribution in [3.8, 4) is 0 Å². The zero-order valence-electron chi connectivity index (χ0n) is 9.63. The third-order valence-corrected chi connectivity index (χ3v) is 2.51. The van der Waals surface area contributed by atoms with Gasteiger partial charge in [-0.25, -0.2) is 4.79 Å². The molecule has 0 spiro atoms. The van der Waals surface area contributed by atoms with Gasteiger partial charge in [-0.1, -0.05) is 37.3 Å². The van der Waals surface area contributed by atoms with Gasteiger partial charge >= 0.3 is 5.97 Å². The van der Waals surface area contributed by atoms with Gasteiger partial charge in [-0.05, 0) is 24.1 Å². The molecule has 2 rings (SSSR count). The zero-order valence-corrected chi connectivity index (χ0v) is 9.63. The van der Waals surface area contributed by atoms with Crippen molar-refractivity contribution in [2.24, 2.45) is 0 Å². The van der Waals surface area contributed by atoms with Crippen LogP contribution in [0.4, 0.5) is 0 Å². The number of carbonyl (C=O) groups is 1. The lowest BCUT2D eigenvalue weighted by molar-refractivity contribution is 0.0252. The van der Waals surface area contributed by atoms with Gasteiger partial charge in [-0.3, -0.25) is 0 Å². The van der Waals surface area contributed by atoms with Gasteiger partial charge in [0, 0.05) is 0 Å². The molecule has 0 bridgehead atoms. The number of carbonyl (C=O) groups excluding carboxylic acids is 1. The van der Waals surface area contributed by atoms with Gasteiger partial charge in [0.05, 0.1) is 6.26 Å². The number of rotatable bonds is 4. The quantitative estimate of drug-likeness (QED) is 0.753. The Labute approximate surface area is 100 Å². The molecule has 0 N–H and O–H groups in total. The van der Waals surface area contributed by atoms with Crippen LogP contribution in [0.3, 0.4) is 0 Å². The van der Waals surface area contributed by atoms with Gasteiger partial charge in [0.15, 0.2) is 0 Å². The molecule has 3 nitrogen and oxygen atoms in total. The standard InChI is InChI=1S/C14H14O3/c1-2-12(11-7-4-3-5-8-11)17-14(15)13-9-6-10-16-13/h3-10,12H,2H2,1H3. The smallest absolute Gasteiger partial charge is 0.374 e. The first-order valence-corrected chi connectivity index (χ1v) is 5.60. The predicted octanol–water partition coefficient (Wildman–Crippen LogP) is 3.59. The van der Waals surface area contributed by atoms with E-state index in [-0.39, 0.29) is 11.9 Å². The van der Waals surface area contributed by atoms with Gasteiger partial charge in [0.1, 0.15) is 6.10 Å². The third kappa shape index (κ3) is 2.75. The lowest BCUT2D eigenvalue weighted by atomic mass is 10.1. The van der Waals surface area contributed by atoms with Crippen LogP contribution in [0.2, 0.25) is 0 Å². The summed E-state index contributed by atoms with van der Waals surface area (Å²) >= 11 is 0. The van der Waals surface area contributed by atoms with E-state index in [1.807, 2.05) is 37.3 Å². The summed E-state index contributed by atoms with van der Waals surface area (Å²) in [6.45, 7) is 1.98. The maximum Gasteiger partial charge on any atom is 0.374 e. The van der Waals surface area contributed by atoms with Crippen LogP contribution in [-0.4, -0.2) is 5.97 Å². The molecule has 0 fully saturated rings. The topological polar surface area (TPSA) is 39.4 Å². The predicted molar refractivity (Wildman–Crippen MR) is 63.6 cm³/mol. The molecule has 1 atom stereocenters. The van der Waals surface area contributed by atoms with Crippen LogP contribution in [0.5, 0.6) is 0 Å². The first kappa shape index (κ1) is 11.5. The summed E-state index contributed by atoms with van der Waals surface area (Å²) in [4.78, 5) is 11.7. The molecule has 17 heavy (non-hydrogen) atoms. The summed E-state index contributed by atoms with van der Waals surface area (Å²) in [7, 11) is 0. The molecule has 0 radical (unpaired) electrons. The highest BCUT2D eigenvalue weighted by atomic mass is 16.6. The van der Waals surface area contributed by atoms with Gasteiger partial charge in [-0.15, -0.1) is 0 Å².